The highest BCUT2D eigenvalue weighted by Gasteiger charge is 2.59. The lowest BCUT2D eigenvalue weighted by atomic mass is 9.85. The van der Waals surface area contributed by atoms with Gasteiger partial charge in [-0.1, -0.05) is 23.8 Å². The molecule has 0 radical (unpaired) electrons. The van der Waals surface area contributed by atoms with Crippen molar-refractivity contribution in [2.24, 2.45) is 23.7 Å². The first-order valence-electron chi connectivity index (χ1n) is 8.16. The first kappa shape index (κ1) is 16.1. The highest BCUT2D eigenvalue weighted by atomic mass is 35.5. The number of ether oxygens (including phenoxy) is 1. The Hall–Kier alpha value is -2.34. The molecule has 0 unspecified atom stereocenters. The summed E-state index contributed by atoms with van der Waals surface area (Å²) in [4.78, 5) is 38.7. The first-order chi connectivity index (χ1) is 12.0. The molecule has 1 aliphatic heterocycles. The summed E-state index contributed by atoms with van der Waals surface area (Å²) in [6.45, 7) is -0.292. The van der Waals surface area contributed by atoms with Gasteiger partial charge in [0.1, 0.15) is 12.3 Å². The number of likely N-dealkylation sites (tertiary alicyclic amines) is 1. The van der Waals surface area contributed by atoms with Gasteiger partial charge in [0.2, 0.25) is 17.7 Å². The van der Waals surface area contributed by atoms with E-state index in [1.54, 1.807) is 18.2 Å². The molecule has 0 aromatic heterocycles. The third-order valence-electron chi connectivity index (χ3n) is 5.30. The Bertz CT molecular complexity index is 776. The van der Waals surface area contributed by atoms with Gasteiger partial charge < -0.3 is 10.1 Å². The number of methoxy groups -OCH3 is 1. The maximum atomic E-state index is 12.6. The molecule has 130 valence electrons. The highest BCUT2D eigenvalue weighted by Crippen LogP contribution is 2.52. The van der Waals surface area contributed by atoms with Crippen LogP contribution in [0, 0.1) is 23.7 Å². The second-order valence-corrected chi connectivity index (χ2v) is 7.09. The maximum absolute atomic E-state index is 12.6. The van der Waals surface area contributed by atoms with Crippen LogP contribution >= 0.6 is 11.6 Å². The molecular weight excluding hydrogens is 344 g/mol. The Labute approximate surface area is 149 Å². The van der Waals surface area contributed by atoms with E-state index in [0.29, 0.717) is 16.5 Å². The largest absolute Gasteiger partial charge is 0.495 e. The van der Waals surface area contributed by atoms with Crippen molar-refractivity contribution in [3.63, 3.8) is 0 Å². The van der Waals surface area contributed by atoms with Crippen molar-refractivity contribution >= 4 is 35.0 Å². The van der Waals surface area contributed by atoms with Crippen LogP contribution in [0.3, 0.4) is 0 Å². The van der Waals surface area contributed by atoms with E-state index >= 15 is 0 Å². The Morgan fingerprint density at radius 1 is 1.24 bits per heavy atom. The predicted octanol–water partition coefficient (Wildman–Crippen LogP) is 2.09. The van der Waals surface area contributed by atoms with E-state index in [-0.39, 0.29) is 42.0 Å². The van der Waals surface area contributed by atoms with Gasteiger partial charge in [-0.05, 0) is 36.5 Å². The topological polar surface area (TPSA) is 75.7 Å². The van der Waals surface area contributed by atoms with E-state index < -0.39 is 5.91 Å². The number of fused-ring (bicyclic) bond motifs is 5. The lowest BCUT2D eigenvalue weighted by Crippen LogP contribution is -2.39. The number of amides is 3. The minimum absolute atomic E-state index is 0.132. The molecule has 1 aromatic carbocycles. The first-order valence-corrected chi connectivity index (χ1v) is 8.54. The normalized spacial score (nSPS) is 29.3. The zero-order valence-corrected chi connectivity index (χ0v) is 14.3. The number of anilines is 1. The third-order valence-corrected chi connectivity index (χ3v) is 5.53. The third kappa shape index (κ3) is 2.52. The lowest BCUT2D eigenvalue weighted by Gasteiger charge is -2.17. The van der Waals surface area contributed by atoms with Gasteiger partial charge in [0.15, 0.2) is 0 Å². The fraction of sp³-hybridized carbons (Fsp3) is 0.389. The van der Waals surface area contributed by atoms with Crippen molar-refractivity contribution in [1.82, 2.24) is 4.90 Å². The summed E-state index contributed by atoms with van der Waals surface area (Å²) in [7, 11) is 1.48. The van der Waals surface area contributed by atoms with Crippen LogP contribution in [0.2, 0.25) is 5.02 Å². The number of nitrogens with one attached hydrogen (secondary N) is 1. The number of halogens is 1. The molecule has 4 rings (SSSR count). The molecule has 4 atom stereocenters. The second kappa shape index (κ2) is 5.88. The van der Waals surface area contributed by atoms with Crippen molar-refractivity contribution in [2.45, 2.75) is 6.42 Å². The Morgan fingerprint density at radius 2 is 1.88 bits per heavy atom. The summed E-state index contributed by atoms with van der Waals surface area (Å²) in [5, 5.41) is 3.11. The van der Waals surface area contributed by atoms with E-state index in [9.17, 15) is 14.4 Å². The second-order valence-electron chi connectivity index (χ2n) is 6.66. The van der Waals surface area contributed by atoms with Crippen LogP contribution in [0.25, 0.3) is 0 Å². The average molecular weight is 361 g/mol. The molecule has 7 heteroatoms. The standard InChI is InChI=1S/C18H17ClN2O4/c1-25-13-5-4-11(19)7-12(13)20-14(22)8-21-17(23)15-9-2-3-10(6-9)16(15)18(21)24/h2-5,7,9-10,15-16H,6,8H2,1H3,(H,20,22)/t9-,10+,15-,16-/m1/s1. The zero-order chi connectivity index (χ0) is 17.7. The molecule has 25 heavy (non-hydrogen) atoms. The molecule has 6 nitrogen and oxygen atoms in total. The van der Waals surface area contributed by atoms with Crippen molar-refractivity contribution in [1.29, 1.82) is 0 Å². The van der Waals surface area contributed by atoms with E-state index in [1.807, 2.05) is 12.2 Å². The minimum atomic E-state index is -0.456. The van der Waals surface area contributed by atoms with E-state index in [1.165, 1.54) is 7.11 Å². The van der Waals surface area contributed by atoms with E-state index in [4.69, 9.17) is 16.3 Å². The summed E-state index contributed by atoms with van der Waals surface area (Å²) in [5.74, 6) is -0.800. The number of carbonyl (C=O) groups excluding carboxylic acids is 3. The number of allylic oxidation sites excluding steroid dienone is 2. The highest BCUT2D eigenvalue weighted by molar-refractivity contribution is 6.31. The SMILES string of the molecule is COc1ccc(Cl)cc1NC(=O)CN1C(=O)[C@H]2[C@H](C1=O)[C@H]1C=C[C@@H]2C1. The fourth-order valence-electron chi connectivity index (χ4n) is 4.23. The average Bonchev–Trinajstić information content (AvgIpc) is 3.25. The number of hydrogen-bond acceptors (Lipinski definition) is 4. The van der Waals surface area contributed by atoms with E-state index in [0.717, 1.165) is 11.3 Å². The van der Waals surface area contributed by atoms with Crippen LogP contribution in [-0.2, 0) is 14.4 Å². The number of benzene rings is 1. The van der Waals surface area contributed by atoms with Crippen LogP contribution in [-0.4, -0.2) is 36.3 Å². The molecule has 1 N–H and O–H groups in total. The van der Waals surface area contributed by atoms with Crippen LogP contribution in [0.1, 0.15) is 6.42 Å². The van der Waals surface area contributed by atoms with Gasteiger partial charge in [0, 0.05) is 5.02 Å². The number of carbonyl (C=O) groups is 3. The quantitative estimate of drug-likeness (QED) is 0.659. The van der Waals surface area contributed by atoms with Gasteiger partial charge in [0.25, 0.3) is 0 Å². The molecule has 1 saturated heterocycles. The van der Waals surface area contributed by atoms with Gasteiger partial charge in [-0.2, -0.15) is 0 Å². The van der Waals surface area contributed by atoms with Gasteiger partial charge >= 0.3 is 0 Å². The Balaban J connectivity index is 1.48. The van der Waals surface area contributed by atoms with Crippen LogP contribution in [0.5, 0.6) is 5.75 Å². The van der Waals surface area contributed by atoms with Gasteiger partial charge in [-0.25, -0.2) is 0 Å². The van der Waals surface area contributed by atoms with E-state index in [2.05, 4.69) is 5.32 Å². The minimum Gasteiger partial charge on any atom is -0.495 e. The summed E-state index contributed by atoms with van der Waals surface area (Å²) in [5.41, 5.74) is 0.404. The van der Waals surface area contributed by atoms with Crippen molar-refractivity contribution < 1.29 is 19.1 Å². The summed E-state index contributed by atoms with van der Waals surface area (Å²) in [6.07, 6.45) is 4.92. The number of hydrogen-bond donors (Lipinski definition) is 1. The monoisotopic (exact) mass is 360 g/mol. The molecule has 2 aliphatic carbocycles. The molecule has 1 aromatic rings. The molecular formula is C18H17ClN2O4. The molecule has 1 saturated carbocycles. The molecule has 3 amide bonds. The smallest absolute Gasteiger partial charge is 0.244 e. The van der Waals surface area contributed by atoms with Crippen LogP contribution in [0.4, 0.5) is 5.69 Å². The maximum Gasteiger partial charge on any atom is 0.244 e. The Kier molecular flexibility index (Phi) is 3.80. The fourth-order valence-corrected chi connectivity index (χ4v) is 4.40. The summed E-state index contributed by atoms with van der Waals surface area (Å²) >= 11 is 5.95. The number of rotatable bonds is 4. The van der Waals surface area contributed by atoms with Crippen LogP contribution in [0.15, 0.2) is 30.4 Å². The molecule has 1 heterocycles. The van der Waals surface area contributed by atoms with Crippen molar-refractivity contribution in [3.05, 3.63) is 35.4 Å². The van der Waals surface area contributed by atoms with Crippen molar-refractivity contribution in [3.8, 4) is 5.75 Å². The van der Waals surface area contributed by atoms with Crippen molar-refractivity contribution in [2.75, 3.05) is 19.0 Å². The molecule has 2 fully saturated rings. The number of nitrogens with zero attached hydrogens (tertiary/aromatic N) is 1. The molecule has 2 bridgehead atoms. The summed E-state index contributed by atoms with van der Waals surface area (Å²) < 4.78 is 5.18. The van der Waals surface area contributed by atoms with Crippen LogP contribution < -0.4 is 10.1 Å². The number of imide groups is 1. The van der Waals surface area contributed by atoms with Gasteiger partial charge in [-0.15, -0.1) is 0 Å². The summed E-state index contributed by atoms with van der Waals surface area (Å²) in [6, 6.07) is 4.84. The zero-order valence-electron chi connectivity index (χ0n) is 13.6. The lowest BCUT2D eigenvalue weighted by molar-refractivity contribution is -0.143. The molecule has 3 aliphatic rings. The predicted molar refractivity (Wildman–Crippen MR) is 91.1 cm³/mol. The molecule has 0 spiro atoms. The van der Waals surface area contributed by atoms with Gasteiger partial charge in [0.05, 0.1) is 24.6 Å². The Morgan fingerprint density at radius 3 is 2.48 bits per heavy atom. The van der Waals surface area contributed by atoms with Gasteiger partial charge in [-0.3, -0.25) is 19.3 Å².